The second kappa shape index (κ2) is 16.0. The third kappa shape index (κ3) is 6.50. The smallest absolute Gasteiger partial charge is 0.160 e. The van der Waals surface area contributed by atoms with Crippen LogP contribution in [0.3, 0.4) is 0 Å². The number of hydrogen-bond donors (Lipinski definition) is 0. The molecule has 1 aliphatic rings. The topological polar surface area (TPSA) is 25.8 Å². The molecule has 0 amide bonds. The first kappa shape index (κ1) is 38.2. The Balaban J connectivity index is 1.02. The molecule has 0 bridgehead atoms. The first-order valence-corrected chi connectivity index (χ1v) is 22.3. The molecule has 0 radical (unpaired) electrons. The molecule has 0 atom stereocenters. The molecule has 0 spiro atoms. The van der Waals surface area contributed by atoms with Crippen molar-refractivity contribution < 1.29 is 0 Å². The molecule has 2 heteroatoms. The van der Waals surface area contributed by atoms with Crippen LogP contribution in [-0.4, -0.2) is 9.97 Å². The highest BCUT2D eigenvalue weighted by molar-refractivity contribution is 6.08. The lowest BCUT2D eigenvalue weighted by atomic mass is 9.67. The molecule has 1 aliphatic carbocycles. The maximum atomic E-state index is 5.33. The van der Waals surface area contributed by atoms with Gasteiger partial charge in [0.25, 0.3) is 0 Å². The molecule has 0 N–H and O–H groups in total. The van der Waals surface area contributed by atoms with E-state index in [0.717, 1.165) is 44.6 Å². The van der Waals surface area contributed by atoms with E-state index in [2.05, 4.69) is 249 Å². The standard InChI is InChI=1S/C63H42N2/c1-5-19-43(20-6-1)44-35-37-45(38-36-44)47-23-17-24-48(41-47)59-42-60(65-62(64-59)46-21-7-2-8-22-46)54-40-39-53(51-29-13-14-30-52(51)54)55-32-18-34-58-61(55)56-31-15-16-33-57(56)63(58,49-25-9-3-10-26-49)50-27-11-4-12-28-50/h1-42H. The van der Waals surface area contributed by atoms with Crippen molar-refractivity contribution in [3.8, 4) is 78.4 Å². The average Bonchev–Trinajstić information content (AvgIpc) is 3.71. The third-order valence-electron chi connectivity index (χ3n) is 13.2. The average molecular weight is 827 g/mol. The van der Waals surface area contributed by atoms with Crippen molar-refractivity contribution in [1.82, 2.24) is 9.97 Å². The van der Waals surface area contributed by atoms with Crippen molar-refractivity contribution in [2.24, 2.45) is 0 Å². The fraction of sp³-hybridized carbons (Fsp3) is 0.0159. The highest BCUT2D eigenvalue weighted by Gasteiger charge is 2.46. The summed E-state index contributed by atoms with van der Waals surface area (Å²) in [5.41, 5.74) is 19.1. The quantitative estimate of drug-likeness (QED) is 0.152. The van der Waals surface area contributed by atoms with Gasteiger partial charge in [-0.2, -0.15) is 0 Å². The predicted octanol–water partition coefficient (Wildman–Crippen LogP) is 16.0. The number of rotatable bonds is 8. The van der Waals surface area contributed by atoms with Gasteiger partial charge in [0.2, 0.25) is 0 Å². The highest BCUT2D eigenvalue weighted by atomic mass is 14.9. The van der Waals surface area contributed by atoms with E-state index in [4.69, 9.17) is 9.97 Å². The third-order valence-corrected chi connectivity index (χ3v) is 13.2. The number of fused-ring (bicyclic) bond motifs is 4. The number of aromatic nitrogens is 2. The Kier molecular flexibility index (Phi) is 9.43. The summed E-state index contributed by atoms with van der Waals surface area (Å²) in [5.74, 6) is 0.694. The van der Waals surface area contributed by atoms with Gasteiger partial charge in [-0.3, -0.25) is 0 Å². The first-order valence-electron chi connectivity index (χ1n) is 22.3. The maximum absolute atomic E-state index is 5.33. The molecule has 2 nitrogen and oxygen atoms in total. The molecular formula is C63H42N2. The molecule has 0 fully saturated rings. The fourth-order valence-electron chi connectivity index (χ4n) is 10.3. The van der Waals surface area contributed by atoms with Gasteiger partial charge in [0.15, 0.2) is 5.82 Å². The van der Waals surface area contributed by atoms with Crippen molar-refractivity contribution in [1.29, 1.82) is 0 Å². The molecule has 0 unspecified atom stereocenters. The number of nitrogens with zero attached hydrogens (tertiary/aromatic N) is 2. The van der Waals surface area contributed by atoms with Crippen LogP contribution in [0.1, 0.15) is 22.3 Å². The Morgan fingerprint density at radius 3 is 1.42 bits per heavy atom. The van der Waals surface area contributed by atoms with Crippen LogP contribution in [0.2, 0.25) is 0 Å². The number of hydrogen-bond acceptors (Lipinski definition) is 2. The summed E-state index contributed by atoms with van der Waals surface area (Å²) < 4.78 is 0. The van der Waals surface area contributed by atoms with Crippen LogP contribution in [0.15, 0.2) is 255 Å². The van der Waals surface area contributed by atoms with Crippen molar-refractivity contribution in [2.45, 2.75) is 5.41 Å². The van der Waals surface area contributed by atoms with Gasteiger partial charge in [0, 0.05) is 16.7 Å². The zero-order chi connectivity index (χ0) is 43.2. The minimum absolute atomic E-state index is 0.478. The van der Waals surface area contributed by atoms with E-state index in [-0.39, 0.29) is 0 Å². The molecule has 0 saturated heterocycles. The van der Waals surface area contributed by atoms with E-state index in [1.165, 1.54) is 61.0 Å². The molecule has 1 aromatic heterocycles. The zero-order valence-electron chi connectivity index (χ0n) is 35.6. The summed E-state index contributed by atoms with van der Waals surface area (Å²) in [7, 11) is 0. The van der Waals surface area contributed by atoms with Crippen LogP contribution in [0.5, 0.6) is 0 Å². The summed E-state index contributed by atoms with van der Waals surface area (Å²) in [6, 6.07) is 91.9. The predicted molar refractivity (Wildman–Crippen MR) is 269 cm³/mol. The van der Waals surface area contributed by atoms with Crippen molar-refractivity contribution in [3.63, 3.8) is 0 Å². The van der Waals surface area contributed by atoms with E-state index in [1.54, 1.807) is 0 Å². The molecule has 10 aromatic carbocycles. The fourth-order valence-corrected chi connectivity index (χ4v) is 10.3. The van der Waals surface area contributed by atoms with Crippen LogP contribution in [0.25, 0.3) is 89.2 Å². The van der Waals surface area contributed by atoms with Crippen LogP contribution in [-0.2, 0) is 5.41 Å². The Hall–Kier alpha value is -8.46. The molecule has 0 saturated carbocycles. The molecule has 11 aromatic rings. The van der Waals surface area contributed by atoms with Gasteiger partial charge in [0.1, 0.15) is 0 Å². The van der Waals surface area contributed by atoms with Crippen molar-refractivity contribution in [3.05, 3.63) is 277 Å². The van der Waals surface area contributed by atoms with Gasteiger partial charge in [-0.05, 0) is 89.7 Å². The Bertz CT molecular complexity index is 3470. The maximum Gasteiger partial charge on any atom is 0.160 e. The molecule has 304 valence electrons. The Morgan fingerprint density at radius 2 is 0.723 bits per heavy atom. The van der Waals surface area contributed by atoms with Crippen LogP contribution in [0, 0.1) is 0 Å². The minimum atomic E-state index is -0.478. The minimum Gasteiger partial charge on any atom is -0.228 e. The van der Waals surface area contributed by atoms with Crippen LogP contribution < -0.4 is 0 Å². The lowest BCUT2D eigenvalue weighted by Crippen LogP contribution is -2.28. The van der Waals surface area contributed by atoms with E-state index in [0.29, 0.717) is 5.82 Å². The van der Waals surface area contributed by atoms with Crippen LogP contribution in [0.4, 0.5) is 0 Å². The van der Waals surface area contributed by atoms with Gasteiger partial charge < -0.3 is 0 Å². The summed E-state index contributed by atoms with van der Waals surface area (Å²) in [6.45, 7) is 0. The molecular weight excluding hydrogens is 785 g/mol. The van der Waals surface area contributed by atoms with E-state index in [1.807, 2.05) is 6.07 Å². The SMILES string of the molecule is c1ccc(-c2ccc(-c3cccc(-c4cc(-c5ccc(-c6cccc7c6-c6ccccc6C7(c6ccccc6)c6ccccc6)c6ccccc56)nc(-c5ccccc5)n4)c3)cc2)cc1. The van der Waals surface area contributed by atoms with Crippen LogP contribution >= 0.6 is 0 Å². The lowest BCUT2D eigenvalue weighted by Gasteiger charge is -2.34. The summed E-state index contributed by atoms with van der Waals surface area (Å²) >= 11 is 0. The lowest BCUT2D eigenvalue weighted by molar-refractivity contribution is 0.768. The first-order chi connectivity index (χ1) is 32.2. The summed E-state index contributed by atoms with van der Waals surface area (Å²) in [6.07, 6.45) is 0. The Labute approximate surface area is 379 Å². The normalized spacial score (nSPS) is 12.4. The second-order valence-electron chi connectivity index (χ2n) is 16.8. The molecule has 0 aliphatic heterocycles. The summed E-state index contributed by atoms with van der Waals surface area (Å²) in [4.78, 5) is 10.6. The molecule has 12 rings (SSSR count). The van der Waals surface area contributed by atoms with E-state index >= 15 is 0 Å². The van der Waals surface area contributed by atoms with E-state index in [9.17, 15) is 0 Å². The molecule has 65 heavy (non-hydrogen) atoms. The van der Waals surface area contributed by atoms with Gasteiger partial charge in [-0.1, -0.05) is 243 Å². The largest absolute Gasteiger partial charge is 0.228 e. The Morgan fingerprint density at radius 1 is 0.262 bits per heavy atom. The monoisotopic (exact) mass is 826 g/mol. The highest BCUT2D eigenvalue weighted by Crippen LogP contribution is 2.58. The zero-order valence-corrected chi connectivity index (χ0v) is 35.6. The van der Waals surface area contributed by atoms with Crippen molar-refractivity contribution in [2.75, 3.05) is 0 Å². The van der Waals surface area contributed by atoms with Crippen molar-refractivity contribution >= 4 is 10.8 Å². The van der Waals surface area contributed by atoms with Gasteiger partial charge in [-0.25, -0.2) is 9.97 Å². The summed E-state index contributed by atoms with van der Waals surface area (Å²) in [5, 5.41) is 2.32. The van der Waals surface area contributed by atoms with Gasteiger partial charge >= 0.3 is 0 Å². The molecule has 1 heterocycles. The number of benzene rings is 10. The second-order valence-corrected chi connectivity index (χ2v) is 16.8. The van der Waals surface area contributed by atoms with E-state index < -0.39 is 5.41 Å². The van der Waals surface area contributed by atoms with Gasteiger partial charge in [0.05, 0.1) is 16.8 Å². The van der Waals surface area contributed by atoms with Gasteiger partial charge in [-0.15, -0.1) is 0 Å².